The fourth-order valence-corrected chi connectivity index (χ4v) is 6.93. The molecule has 1 heterocycles. The van der Waals surface area contributed by atoms with Crippen LogP contribution in [-0.2, 0) is 14.3 Å². The Hall–Kier alpha value is -0.970. The summed E-state index contributed by atoms with van der Waals surface area (Å²) >= 11 is 0. The molecule has 142 valence electrons. The first-order chi connectivity index (χ1) is 12.6. The van der Waals surface area contributed by atoms with Gasteiger partial charge >= 0.3 is 0 Å². The Morgan fingerprint density at radius 3 is 2.81 bits per heavy atom. The molecule has 2 fully saturated rings. The fraction of sp³-hybridized carbons (Fsp3) is 0.773. The molecule has 1 spiro atoms. The Labute approximate surface area is 155 Å². The number of aliphatic hydroxyl groups excluding tert-OH is 1. The van der Waals surface area contributed by atoms with Gasteiger partial charge in [-0.15, -0.1) is 0 Å². The van der Waals surface area contributed by atoms with Crippen LogP contribution >= 0.6 is 0 Å². The van der Waals surface area contributed by atoms with Gasteiger partial charge in [-0.2, -0.15) is 0 Å². The molecule has 4 unspecified atom stereocenters. The summed E-state index contributed by atoms with van der Waals surface area (Å²) in [5, 5.41) is 9.39. The highest BCUT2D eigenvalue weighted by molar-refractivity contribution is 5.83. The second-order valence-electron chi connectivity index (χ2n) is 9.24. The van der Waals surface area contributed by atoms with Crippen LogP contribution in [0.15, 0.2) is 22.8 Å². The van der Waals surface area contributed by atoms with Crippen LogP contribution in [0.4, 0.5) is 0 Å². The molecular weight excluding hydrogens is 328 g/mol. The zero-order chi connectivity index (χ0) is 17.9. The smallest absolute Gasteiger partial charge is 0.172 e. The maximum atomic E-state index is 12.3. The Morgan fingerprint density at radius 2 is 2.04 bits per heavy atom. The molecule has 0 amide bonds. The number of allylic oxidation sites excluding steroid dienone is 3. The van der Waals surface area contributed by atoms with E-state index in [0.29, 0.717) is 11.8 Å². The summed E-state index contributed by atoms with van der Waals surface area (Å²) in [6.45, 7) is 3.46. The molecular formula is C22H30O4. The van der Waals surface area contributed by atoms with Gasteiger partial charge in [-0.3, -0.25) is 4.79 Å². The van der Waals surface area contributed by atoms with Crippen molar-refractivity contribution in [1.29, 1.82) is 0 Å². The molecule has 5 rings (SSSR count). The highest BCUT2D eigenvalue weighted by atomic mass is 16.7. The third-order valence-corrected chi connectivity index (χ3v) is 8.19. The van der Waals surface area contributed by atoms with Gasteiger partial charge in [-0.1, -0.05) is 18.6 Å². The Balaban J connectivity index is 1.45. The molecule has 4 atom stereocenters. The Bertz CT molecular complexity index is 684. The summed E-state index contributed by atoms with van der Waals surface area (Å²) in [5.74, 6) is 0.954. The third-order valence-electron chi connectivity index (χ3n) is 8.19. The van der Waals surface area contributed by atoms with E-state index in [1.807, 2.05) is 0 Å². The first-order valence-corrected chi connectivity index (χ1v) is 10.4. The molecule has 0 bridgehead atoms. The Morgan fingerprint density at radius 1 is 1.23 bits per heavy atom. The van der Waals surface area contributed by atoms with E-state index in [2.05, 4.69) is 13.0 Å². The van der Waals surface area contributed by atoms with E-state index in [1.54, 1.807) is 16.7 Å². The lowest BCUT2D eigenvalue weighted by Crippen LogP contribution is -2.42. The second kappa shape index (κ2) is 6.02. The number of carbonyl (C=O) groups is 1. The number of carbonyl (C=O) groups excluding carboxylic acids is 1. The molecule has 0 aromatic rings. The highest BCUT2D eigenvalue weighted by Gasteiger charge is 2.55. The van der Waals surface area contributed by atoms with Crippen molar-refractivity contribution >= 4 is 5.78 Å². The van der Waals surface area contributed by atoms with Crippen LogP contribution in [0.1, 0.15) is 58.3 Å². The van der Waals surface area contributed by atoms with Gasteiger partial charge in [0.2, 0.25) is 0 Å². The second-order valence-corrected chi connectivity index (χ2v) is 9.24. The van der Waals surface area contributed by atoms with Gasteiger partial charge in [0, 0.05) is 18.8 Å². The van der Waals surface area contributed by atoms with Crippen molar-refractivity contribution in [2.75, 3.05) is 19.8 Å². The number of aliphatic hydroxyl groups is 1. The van der Waals surface area contributed by atoms with E-state index in [0.717, 1.165) is 58.2 Å². The third kappa shape index (κ3) is 2.35. The van der Waals surface area contributed by atoms with E-state index in [-0.39, 0.29) is 29.5 Å². The average molecular weight is 358 g/mol. The molecule has 1 aliphatic heterocycles. The van der Waals surface area contributed by atoms with E-state index in [1.165, 1.54) is 6.42 Å². The van der Waals surface area contributed by atoms with Crippen molar-refractivity contribution in [1.82, 2.24) is 0 Å². The molecule has 0 aromatic heterocycles. The van der Waals surface area contributed by atoms with Crippen LogP contribution < -0.4 is 0 Å². The lowest BCUT2D eigenvalue weighted by molar-refractivity contribution is -0.164. The molecule has 5 aliphatic rings. The van der Waals surface area contributed by atoms with Crippen LogP contribution in [0.25, 0.3) is 0 Å². The van der Waals surface area contributed by atoms with Crippen molar-refractivity contribution < 1.29 is 19.4 Å². The number of rotatable bonds is 2. The van der Waals surface area contributed by atoms with Gasteiger partial charge in [0.25, 0.3) is 0 Å². The predicted octanol–water partition coefficient (Wildman–Crippen LogP) is 3.54. The van der Waals surface area contributed by atoms with Crippen LogP contribution in [0, 0.1) is 23.2 Å². The standard InChI is InChI=1S/C22H30O4/c1-21-8-6-16-15-7-9-22(25-10-11-26-22)12-14(15)2-3-17(16)18(21)4-5-19(21)20(24)13-23/h6,17-19,23H,2-5,7-13H2,1H3. The topological polar surface area (TPSA) is 55.8 Å². The number of hydrogen-bond donors (Lipinski definition) is 1. The lowest BCUT2D eigenvalue weighted by Gasteiger charge is -2.48. The van der Waals surface area contributed by atoms with Crippen molar-refractivity contribution in [3.63, 3.8) is 0 Å². The maximum absolute atomic E-state index is 12.3. The quantitative estimate of drug-likeness (QED) is 0.820. The first-order valence-electron chi connectivity index (χ1n) is 10.4. The molecule has 1 saturated heterocycles. The minimum absolute atomic E-state index is 0.0413. The van der Waals surface area contributed by atoms with Gasteiger partial charge < -0.3 is 14.6 Å². The molecule has 4 aliphatic carbocycles. The van der Waals surface area contributed by atoms with Gasteiger partial charge in [0.05, 0.1) is 13.2 Å². The predicted molar refractivity (Wildman–Crippen MR) is 97.3 cm³/mol. The van der Waals surface area contributed by atoms with Gasteiger partial charge in [-0.25, -0.2) is 0 Å². The van der Waals surface area contributed by atoms with Gasteiger partial charge in [0.1, 0.15) is 6.61 Å². The summed E-state index contributed by atoms with van der Waals surface area (Å²) in [7, 11) is 0. The average Bonchev–Trinajstić information content (AvgIpc) is 3.24. The number of fused-ring (bicyclic) bond motifs is 4. The molecule has 26 heavy (non-hydrogen) atoms. The number of ketones is 1. The van der Waals surface area contributed by atoms with E-state index >= 15 is 0 Å². The van der Waals surface area contributed by atoms with Crippen molar-refractivity contribution in [2.24, 2.45) is 23.2 Å². The van der Waals surface area contributed by atoms with Crippen molar-refractivity contribution in [3.05, 3.63) is 22.8 Å². The number of ether oxygens (including phenoxy) is 2. The first kappa shape index (κ1) is 17.2. The SMILES string of the molecule is CC12CC=C3C4=C(CCC3C1CCC2C(=O)CO)CC1(CC4)OCCO1. The minimum Gasteiger partial charge on any atom is -0.389 e. The van der Waals surface area contributed by atoms with Crippen LogP contribution in [0.3, 0.4) is 0 Å². The normalized spacial score (nSPS) is 40.8. The zero-order valence-corrected chi connectivity index (χ0v) is 15.8. The highest BCUT2D eigenvalue weighted by Crippen LogP contribution is 2.61. The number of hydrogen-bond acceptors (Lipinski definition) is 4. The Kier molecular flexibility index (Phi) is 3.97. The minimum atomic E-state index is -0.332. The summed E-state index contributed by atoms with van der Waals surface area (Å²) in [6.07, 6.45) is 10.9. The number of Topliss-reactive ketones (excluding diaryl/α,β-unsaturated/α-hetero) is 1. The van der Waals surface area contributed by atoms with Crippen molar-refractivity contribution in [2.45, 2.75) is 64.1 Å². The van der Waals surface area contributed by atoms with E-state index in [4.69, 9.17) is 9.47 Å². The largest absolute Gasteiger partial charge is 0.389 e. The molecule has 1 N–H and O–H groups in total. The monoisotopic (exact) mass is 358 g/mol. The van der Waals surface area contributed by atoms with Gasteiger partial charge in [-0.05, 0) is 66.9 Å². The summed E-state index contributed by atoms with van der Waals surface area (Å²) in [6, 6.07) is 0. The maximum Gasteiger partial charge on any atom is 0.172 e. The van der Waals surface area contributed by atoms with E-state index < -0.39 is 0 Å². The summed E-state index contributed by atoms with van der Waals surface area (Å²) in [4.78, 5) is 12.3. The van der Waals surface area contributed by atoms with Crippen LogP contribution in [0.5, 0.6) is 0 Å². The van der Waals surface area contributed by atoms with Gasteiger partial charge in [0.15, 0.2) is 11.6 Å². The van der Waals surface area contributed by atoms with E-state index in [9.17, 15) is 9.90 Å². The molecule has 4 heteroatoms. The fourth-order valence-electron chi connectivity index (χ4n) is 6.93. The van der Waals surface area contributed by atoms with Crippen molar-refractivity contribution in [3.8, 4) is 0 Å². The molecule has 1 saturated carbocycles. The zero-order valence-electron chi connectivity index (χ0n) is 15.8. The van der Waals surface area contributed by atoms with Crippen LogP contribution in [-0.4, -0.2) is 36.5 Å². The molecule has 0 aromatic carbocycles. The molecule has 0 radical (unpaired) electrons. The summed E-state index contributed by atoms with van der Waals surface area (Å²) < 4.78 is 11.9. The summed E-state index contributed by atoms with van der Waals surface area (Å²) in [5.41, 5.74) is 4.77. The molecule has 4 nitrogen and oxygen atoms in total. The van der Waals surface area contributed by atoms with Crippen LogP contribution in [0.2, 0.25) is 0 Å². The lowest BCUT2D eigenvalue weighted by atomic mass is 9.57.